The second-order valence-corrected chi connectivity index (χ2v) is 10.0. The summed E-state index contributed by atoms with van der Waals surface area (Å²) in [5.74, 6) is 0. The van der Waals surface area contributed by atoms with Gasteiger partial charge in [0, 0.05) is 9.75 Å². The Morgan fingerprint density at radius 2 is 1.41 bits per heavy atom. The maximum absolute atomic E-state index is 13.4. The molecule has 2 aliphatic rings. The molecular weight excluding hydrogens is 374 g/mol. The third kappa shape index (κ3) is 2.36. The topological polar surface area (TPSA) is 47.3 Å². The Kier molecular flexibility index (Phi) is 3.66. The summed E-state index contributed by atoms with van der Waals surface area (Å²) >= 11 is 3.56. The second kappa shape index (κ2) is 6.11. The number of aryl methyl sites for hydroxylation is 4. The largest absolute Gasteiger partial charge is 0.268 e. The van der Waals surface area contributed by atoms with Gasteiger partial charge in [0.2, 0.25) is 0 Å². The predicted octanol–water partition coefficient (Wildman–Crippen LogP) is 5.06. The summed E-state index contributed by atoms with van der Waals surface area (Å²) in [6.07, 6.45) is 13.5. The summed E-state index contributed by atoms with van der Waals surface area (Å²) in [6.45, 7) is 0. The molecule has 0 aliphatic heterocycles. The average Bonchev–Trinajstić information content (AvgIpc) is 2.98. The molecule has 0 saturated carbocycles. The minimum absolute atomic E-state index is 0.0809. The Bertz CT molecular complexity index is 1260. The lowest BCUT2D eigenvalue weighted by atomic mass is 10.1. The maximum atomic E-state index is 13.4. The van der Waals surface area contributed by atoms with E-state index in [1.165, 1.54) is 59.4 Å². The molecule has 0 N–H and O–H groups in total. The SMILES string of the molecule is O=c1c2c3c(sc2nc2c4c5c(sc4ncn12)CCCCC5)CCCCC3. The van der Waals surface area contributed by atoms with Crippen LogP contribution in [0.3, 0.4) is 0 Å². The molecule has 0 spiro atoms. The molecule has 27 heavy (non-hydrogen) atoms. The Hall–Kier alpha value is -1.79. The molecule has 0 unspecified atom stereocenters. The minimum Gasteiger partial charge on any atom is -0.268 e. The van der Waals surface area contributed by atoms with Crippen molar-refractivity contribution in [1.29, 1.82) is 0 Å². The van der Waals surface area contributed by atoms with Crippen molar-refractivity contribution >= 4 is 48.8 Å². The minimum atomic E-state index is 0.0809. The fourth-order valence-corrected chi connectivity index (χ4v) is 7.31. The van der Waals surface area contributed by atoms with Gasteiger partial charge in [-0.2, -0.15) is 0 Å². The van der Waals surface area contributed by atoms with Crippen LogP contribution in [0.5, 0.6) is 0 Å². The van der Waals surface area contributed by atoms with E-state index in [9.17, 15) is 4.79 Å². The number of thiophene rings is 2. The Morgan fingerprint density at radius 1 is 0.778 bits per heavy atom. The van der Waals surface area contributed by atoms with Gasteiger partial charge in [0.1, 0.15) is 16.0 Å². The molecule has 4 aromatic rings. The van der Waals surface area contributed by atoms with Crippen LogP contribution >= 0.6 is 22.7 Å². The molecule has 0 bridgehead atoms. The zero-order valence-corrected chi connectivity index (χ0v) is 16.8. The first-order valence-corrected chi connectivity index (χ1v) is 11.7. The molecular formula is C21H21N3OS2. The fourth-order valence-electron chi connectivity index (χ4n) is 4.84. The highest BCUT2D eigenvalue weighted by molar-refractivity contribution is 7.19. The van der Waals surface area contributed by atoms with Gasteiger partial charge in [-0.15, -0.1) is 22.7 Å². The Labute approximate surface area is 164 Å². The third-order valence-corrected chi connectivity index (χ3v) is 8.57. The molecule has 0 fully saturated rings. The summed E-state index contributed by atoms with van der Waals surface area (Å²) in [6, 6.07) is 0. The molecule has 2 aliphatic carbocycles. The smallest absolute Gasteiger partial charge is 0.268 e. The Morgan fingerprint density at radius 3 is 2.15 bits per heavy atom. The van der Waals surface area contributed by atoms with E-state index in [1.807, 2.05) is 0 Å². The van der Waals surface area contributed by atoms with Crippen molar-refractivity contribution in [1.82, 2.24) is 14.4 Å². The molecule has 6 rings (SSSR count). The predicted molar refractivity (Wildman–Crippen MR) is 113 cm³/mol. The van der Waals surface area contributed by atoms with Crippen LogP contribution in [0, 0.1) is 0 Å². The van der Waals surface area contributed by atoms with Crippen LogP contribution in [-0.2, 0) is 25.7 Å². The molecule has 4 aromatic heterocycles. The quantitative estimate of drug-likeness (QED) is 0.391. The number of aromatic nitrogens is 3. The highest BCUT2D eigenvalue weighted by atomic mass is 32.1. The van der Waals surface area contributed by atoms with Crippen molar-refractivity contribution in [2.24, 2.45) is 0 Å². The molecule has 138 valence electrons. The molecule has 0 atom stereocenters. The van der Waals surface area contributed by atoms with Crippen LogP contribution < -0.4 is 5.56 Å². The summed E-state index contributed by atoms with van der Waals surface area (Å²) in [7, 11) is 0. The van der Waals surface area contributed by atoms with Crippen LogP contribution in [0.4, 0.5) is 0 Å². The van der Waals surface area contributed by atoms with Crippen molar-refractivity contribution < 1.29 is 0 Å². The lowest BCUT2D eigenvalue weighted by Crippen LogP contribution is -2.16. The van der Waals surface area contributed by atoms with Gasteiger partial charge >= 0.3 is 0 Å². The molecule has 0 saturated heterocycles. The van der Waals surface area contributed by atoms with Gasteiger partial charge in [0.15, 0.2) is 5.65 Å². The van der Waals surface area contributed by atoms with Gasteiger partial charge in [0.05, 0.1) is 10.8 Å². The number of fused-ring (bicyclic) bond motifs is 8. The van der Waals surface area contributed by atoms with Gasteiger partial charge in [-0.05, 0) is 62.5 Å². The number of hydrogen-bond acceptors (Lipinski definition) is 5. The summed E-state index contributed by atoms with van der Waals surface area (Å²) in [4.78, 5) is 28.0. The zero-order valence-electron chi connectivity index (χ0n) is 15.2. The molecule has 4 heterocycles. The van der Waals surface area contributed by atoms with Crippen molar-refractivity contribution in [3.8, 4) is 0 Å². The van der Waals surface area contributed by atoms with Gasteiger partial charge in [-0.25, -0.2) is 14.4 Å². The van der Waals surface area contributed by atoms with E-state index in [-0.39, 0.29) is 5.56 Å². The first-order valence-electron chi connectivity index (χ1n) is 10.1. The van der Waals surface area contributed by atoms with Crippen LogP contribution in [0.15, 0.2) is 11.1 Å². The first kappa shape index (κ1) is 16.2. The maximum Gasteiger partial charge on any atom is 0.268 e. The van der Waals surface area contributed by atoms with Gasteiger partial charge < -0.3 is 0 Å². The normalized spacial score (nSPS) is 17.8. The zero-order chi connectivity index (χ0) is 18.0. The van der Waals surface area contributed by atoms with E-state index in [2.05, 4.69) is 4.98 Å². The van der Waals surface area contributed by atoms with Gasteiger partial charge in [-0.1, -0.05) is 12.8 Å². The number of rotatable bonds is 0. The summed E-state index contributed by atoms with van der Waals surface area (Å²) < 4.78 is 1.72. The van der Waals surface area contributed by atoms with Crippen molar-refractivity contribution in [2.45, 2.75) is 64.2 Å². The molecule has 0 amide bonds. The summed E-state index contributed by atoms with van der Waals surface area (Å²) in [5, 5.41) is 2.00. The monoisotopic (exact) mass is 395 g/mol. The van der Waals surface area contributed by atoms with Crippen LogP contribution in [-0.4, -0.2) is 14.4 Å². The number of nitrogens with zero attached hydrogens (tertiary/aromatic N) is 3. The van der Waals surface area contributed by atoms with E-state index >= 15 is 0 Å². The van der Waals surface area contributed by atoms with E-state index < -0.39 is 0 Å². The number of hydrogen-bond donors (Lipinski definition) is 0. The van der Waals surface area contributed by atoms with Crippen molar-refractivity contribution in [3.63, 3.8) is 0 Å². The van der Waals surface area contributed by atoms with Gasteiger partial charge in [0.25, 0.3) is 5.56 Å². The molecule has 6 heteroatoms. The lowest BCUT2D eigenvalue weighted by Gasteiger charge is -2.05. The fraction of sp³-hybridized carbons (Fsp3) is 0.476. The van der Waals surface area contributed by atoms with Crippen molar-refractivity contribution in [2.75, 3.05) is 0 Å². The van der Waals surface area contributed by atoms with Gasteiger partial charge in [-0.3, -0.25) is 4.79 Å². The molecule has 0 aromatic carbocycles. The second-order valence-electron chi connectivity index (χ2n) is 7.84. The Balaban J connectivity index is 1.72. The van der Waals surface area contributed by atoms with Crippen LogP contribution in [0.2, 0.25) is 0 Å². The van der Waals surface area contributed by atoms with E-state index in [4.69, 9.17) is 4.98 Å². The highest BCUT2D eigenvalue weighted by Crippen LogP contribution is 2.38. The standard InChI is InChI=1S/C21H21N3OS2/c25-21-17-13-8-4-2-6-10-15(13)27-20(17)23-18-16-12-7-3-1-5-9-14(12)26-19(16)22-11-24(18)21/h11H,1-10H2. The third-order valence-electron chi connectivity index (χ3n) is 6.19. The van der Waals surface area contributed by atoms with Crippen LogP contribution in [0.1, 0.15) is 59.4 Å². The molecule has 4 nitrogen and oxygen atoms in total. The first-order chi connectivity index (χ1) is 13.3. The van der Waals surface area contributed by atoms with E-state index in [1.54, 1.807) is 33.4 Å². The van der Waals surface area contributed by atoms with Crippen molar-refractivity contribution in [3.05, 3.63) is 37.6 Å². The van der Waals surface area contributed by atoms with E-state index in [0.29, 0.717) is 0 Å². The summed E-state index contributed by atoms with van der Waals surface area (Å²) in [5.41, 5.74) is 3.58. The van der Waals surface area contributed by atoms with E-state index in [0.717, 1.165) is 51.8 Å². The van der Waals surface area contributed by atoms with Crippen LogP contribution in [0.25, 0.3) is 26.1 Å². The average molecular weight is 396 g/mol. The lowest BCUT2D eigenvalue weighted by molar-refractivity contribution is 0.713. The highest BCUT2D eigenvalue weighted by Gasteiger charge is 2.23. The molecule has 0 radical (unpaired) electrons.